The molecule has 0 saturated carbocycles. The number of hydrogen-bond donors (Lipinski definition) is 1. The van der Waals surface area contributed by atoms with Crippen molar-refractivity contribution in [1.29, 1.82) is 0 Å². The number of nitrogens with zero attached hydrogens (tertiary/aromatic N) is 3. The predicted octanol–water partition coefficient (Wildman–Crippen LogP) is 2.31. The number of aliphatic carboxylic acids is 1. The van der Waals surface area contributed by atoms with E-state index in [2.05, 4.69) is 34.6 Å². The molecule has 0 fully saturated rings. The maximum atomic E-state index is 10.7. The van der Waals surface area contributed by atoms with Gasteiger partial charge in [0.2, 0.25) is 0 Å². The first-order valence-corrected chi connectivity index (χ1v) is 7.29. The highest BCUT2D eigenvalue weighted by Crippen LogP contribution is 2.19. The summed E-state index contributed by atoms with van der Waals surface area (Å²) in [5.74, 6) is 0.237. The Hall–Kier alpha value is -1.88. The summed E-state index contributed by atoms with van der Waals surface area (Å²) < 4.78 is 2.22. The molecule has 0 aliphatic heterocycles. The van der Waals surface area contributed by atoms with Gasteiger partial charge in [0.05, 0.1) is 11.0 Å². The molecule has 0 spiro atoms. The minimum Gasteiger partial charge on any atom is -0.481 e. The minimum absolute atomic E-state index is 0.190. The summed E-state index contributed by atoms with van der Waals surface area (Å²) in [4.78, 5) is 17.5. The van der Waals surface area contributed by atoms with Crippen molar-refractivity contribution in [3.63, 3.8) is 0 Å². The van der Waals surface area contributed by atoms with Crippen molar-refractivity contribution in [2.45, 2.75) is 32.7 Å². The molecule has 1 N–H and O–H groups in total. The third kappa shape index (κ3) is 4.04. The summed E-state index contributed by atoms with van der Waals surface area (Å²) >= 11 is 0. The number of carbonyl (C=O) groups is 1. The number of imidazole rings is 1. The fourth-order valence-corrected chi connectivity index (χ4v) is 2.43. The monoisotopic (exact) mass is 289 g/mol. The summed E-state index contributed by atoms with van der Waals surface area (Å²) in [7, 11) is 4.10. The normalized spacial score (nSPS) is 11.4. The minimum atomic E-state index is -0.748. The van der Waals surface area contributed by atoms with Crippen molar-refractivity contribution in [1.82, 2.24) is 14.5 Å². The Labute approximate surface area is 125 Å². The highest BCUT2D eigenvalue weighted by molar-refractivity contribution is 5.77. The molecule has 2 aromatic rings. The number of fused-ring (bicyclic) bond motifs is 1. The van der Waals surface area contributed by atoms with Crippen LogP contribution in [0.25, 0.3) is 11.0 Å². The number of aromatic nitrogens is 2. The highest BCUT2D eigenvalue weighted by Gasteiger charge is 2.11. The van der Waals surface area contributed by atoms with Gasteiger partial charge in [-0.1, -0.05) is 6.07 Å². The molecule has 0 radical (unpaired) electrons. The Balaban J connectivity index is 2.27. The van der Waals surface area contributed by atoms with Crippen molar-refractivity contribution >= 4 is 17.0 Å². The number of benzene rings is 1. The molecule has 21 heavy (non-hydrogen) atoms. The molecule has 0 bridgehead atoms. The van der Waals surface area contributed by atoms with Crippen LogP contribution in [-0.2, 0) is 17.8 Å². The third-order valence-corrected chi connectivity index (χ3v) is 3.54. The Kier molecular flexibility index (Phi) is 4.96. The first kappa shape index (κ1) is 15.5. The lowest BCUT2D eigenvalue weighted by atomic mass is 10.2. The molecular weight excluding hydrogens is 266 g/mol. The van der Waals surface area contributed by atoms with E-state index in [1.165, 1.54) is 5.56 Å². The molecule has 0 amide bonds. The average Bonchev–Trinajstić information content (AvgIpc) is 2.72. The third-order valence-electron chi connectivity index (χ3n) is 3.54. The zero-order valence-corrected chi connectivity index (χ0v) is 13.0. The SMILES string of the molecule is Cc1ccc2c(c1)nc(CCCC(=O)O)n2CCN(C)C. The fourth-order valence-electron chi connectivity index (χ4n) is 2.43. The number of carboxylic acid groups (broad SMARTS) is 1. The lowest BCUT2D eigenvalue weighted by Gasteiger charge is -2.13. The van der Waals surface area contributed by atoms with Crippen LogP contribution < -0.4 is 0 Å². The Morgan fingerprint density at radius 2 is 2.14 bits per heavy atom. The summed E-state index contributed by atoms with van der Waals surface area (Å²) in [5.41, 5.74) is 3.32. The molecule has 0 aliphatic carbocycles. The van der Waals surface area contributed by atoms with Crippen LogP contribution in [0.15, 0.2) is 18.2 Å². The fraction of sp³-hybridized carbons (Fsp3) is 0.500. The lowest BCUT2D eigenvalue weighted by Crippen LogP contribution is -2.19. The second-order valence-electron chi connectivity index (χ2n) is 5.72. The van der Waals surface area contributed by atoms with Gasteiger partial charge in [-0.3, -0.25) is 4.79 Å². The van der Waals surface area contributed by atoms with Gasteiger partial charge in [0.25, 0.3) is 0 Å². The quantitative estimate of drug-likeness (QED) is 0.850. The van der Waals surface area contributed by atoms with E-state index in [1.54, 1.807) is 0 Å². The largest absolute Gasteiger partial charge is 0.481 e. The topological polar surface area (TPSA) is 58.4 Å². The second-order valence-corrected chi connectivity index (χ2v) is 5.72. The first-order chi connectivity index (χ1) is 9.97. The van der Waals surface area contributed by atoms with Gasteiger partial charge in [-0.2, -0.15) is 0 Å². The Morgan fingerprint density at radius 1 is 1.38 bits per heavy atom. The molecule has 0 atom stereocenters. The average molecular weight is 289 g/mol. The van der Waals surface area contributed by atoms with Crippen LogP contribution in [0.4, 0.5) is 0 Å². The van der Waals surface area contributed by atoms with E-state index in [4.69, 9.17) is 10.1 Å². The molecule has 1 aromatic heterocycles. The number of hydrogen-bond acceptors (Lipinski definition) is 3. The second kappa shape index (κ2) is 6.72. The Bertz CT molecular complexity index is 632. The van der Waals surface area contributed by atoms with E-state index in [0.717, 1.165) is 29.9 Å². The maximum absolute atomic E-state index is 10.7. The predicted molar refractivity (Wildman–Crippen MR) is 83.6 cm³/mol. The van der Waals surface area contributed by atoms with Crippen molar-refractivity contribution in [2.24, 2.45) is 0 Å². The zero-order chi connectivity index (χ0) is 15.4. The van der Waals surface area contributed by atoms with Crippen LogP contribution in [0.1, 0.15) is 24.2 Å². The molecule has 0 unspecified atom stereocenters. The summed E-state index contributed by atoms with van der Waals surface area (Å²) in [6, 6.07) is 6.29. The molecule has 114 valence electrons. The molecule has 1 heterocycles. The zero-order valence-electron chi connectivity index (χ0n) is 13.0. The molecule has 0 aliphatic rings. The van der Waals surface area contributed by atoms with Crippen LogP contribution in [-0.4, -0.2) is 46.2 Å². The number of likely N-dealkylation sites (N-methyl/N-ethyl adjacent to an activating group) is 1. The van der Waals surface area contributed by atoms with E-state index < -0.39 is 5.97 Å². The smallest absolute Gasteiger partial charge is 0.303 e. The van der Waals surface area contributed by atoms with Gasteiger partial charge in [0, 0.05) is 25.9 Å². The molecule has 5 heteroatoms. The molecule has 2 rings (SSSR count). The number of rotatable bonds is 7. The molecule has 0 saturated heterocycles. The lowest BCUT2D eigenvalue weighted by molar-refractivity contribution is -0.137. The van der Waals surface area contributed by atoms with E-state index >= 15 is 0 Å². The standard InChI is InChI=1S/C16H23N3O2/c1-12-7-8-14-13(11-12)17-15(5-4-6-16(20)21)19(14)10-9-18(2)3/h7-8,11H,4-6,9-10H2,1-3H3,(H,20,21). The van der Waals surface area contributed by atoms with Crippen LogP contribution in [0.5, 0.6) is 0 Å². The first-order valence-electron chi connectivity index (χ1n) is 7.29. The van der Waals surface area contributed by atoms with Crippen LogP contribution in [0, 0.1) is 6.92 Å². The van der Waals surface area contributed by atoms with Gasteiger partial charge < -0.3 is 14.6 Å². The molecule has 1 aromatic carbocycles. The number of carboxylic acids is 1. The van der Waals surface area contributed by atoms with Crippen molar-refractivity contribution in [3.05, 3.63) is 29.6 Å². The number of aryl methyl sites for hydroxylation is 2. The molecular formula is C16H23N3O2. The van der Waals surface area contributed by atoms with Gasteiger partial charge in [-0.15, -0.1) is 0 Å². The summed E-state index contributed by atoms with van der Waals surface area (Å²) in [5, 5.41) is 8.78. The van der Waals surface area contributed by atoms with Crippen molar-refractivity contribution in [3.8, 4) is 0 Å². The van der Waals surface area contributed by atoms with Gasteiger partial charge in [-0.05, 0) is 45.1 Å². The van der Waals surface area contributed by atoms with Gasteiger partial charge in [0.1, 0.15) is 5.82 Å². The van der Waals surface area contributed by atoms with E-state index in [0.29, 0.717) is 12.8 Å². The van der Waals surface area contributed by atoms with Gasteiger partial charge in [0.15, 0.2) is 0 Å². The highest BCUT2D eigenvalue weighted by atomic mass is 16.4. The van der Waals surface area contributed by atoms with Gasteiger partial charge >= 0.3 is 5.97 Å². The van der Waals surface area contributed by atoms with Gasteiger partial charge in [-0.25, -0.2) is 4.98 Å². The Morgan fingerprint density at radius 3 is 2.81 bits per heavy atom. The van der Waals surface area contributed by atoms with E-state index in [1.807, 2.05) is 14.1 Å². The van der Waals surface area contributed by atoms with Crippen LogP contribution in [0.2, 0.25) is 0 Å². The maximum Gasteiger partial charge on any atom is 0.303 e. The van der Waals surface area contributed by atoms with E-state index in [9.17, 15) is 4.79 Å². The summed E-state index contributed by atoms with van der Waals surface area (Å²) in [6.45, 7) is 3.86. The van der Waals surface area contributed by atoms with Crippen molar-refractivity contribution < 1.29 is 9.90 Å². The van der Waals surface area contributed by atoms with Crippen LogP contribution >= 0.6 is 0 Å². The van der Waals surface area contributed by atoms with E-state index in [-0.39, 0.29) is 6.42 Å². The van der Waals surface area contributed by atoms with Crippen LogP contribution in [0.3, 0.4) is 0 Å². The summed E-state index contributed by atoms with van der Waals surface area (Å²) in [6.07, 6.45) is 1.52. The van der Waals surface area contributed by atoms with Crippen molar-refractivity contribution in [2.75, 3.05) is 20.6 Å². The molecule has 5 nitrogen and oxygen atoms in total.